The Morgan fingerprint density at radius 1 is 0.950 bits per heavy atom. The summed E-state index contributed by atoms with van der Waals surface area (Å²) in [5.74, 6) is 2.26. The molecule has 5 aliphatic rings. The fraction of sp³-hybridized carbons (Fsp3) is 0.875. The molecule has 5 rings (SSSR count). The zero-order valence-corrected chi connectivity index (χ0v) is 11.8. The summed E-state index contributed by atoms with van der Waals surface area (Å²) in [5, 5.41) is 9.07. The van der Waals surface area contributed by atoms with Gasteiger partial charge in [0.05, 0.1) is 0 Å². The van der Waals surface area contributed by atoms with Crippen LogP contribution in [0.4, 0.5) is 0 Å². The molecule has 5 aliphatic carbocycles. The molecule has 0 aliphatic heterocycles. The number of carboxylic acids is 1. The van der Waals surface area contributed by atoms with Crippen LogP contribution in [0.2, 0.25) is 0 Å². The number of nitrogens with zero attached hydrogens (tertiary/aromatic N) is 1. The van der Waals surface area contributed by atoms with E-state index in [1.165, 1.54) is 32.1 Å². The van der Waals surface area contributed by atoms with Gasteiger partial charge in [-0.2, -0.15) is 0 Å². The Bertz CT molecular complexity index is 415. The molecule has 4 bridgehead atoms. The van der Waals surface area contributed by atoms with Crippen LogP contribution in [0, 0.1) is 29.6 Å². The average molecular weight is 277 g/mol. The van der Waals surface area contributed by atoms with E-state index in [-0.39, 0.29) is 24.4 Å². The van der Waals surface area contributed by atoms with Crippen molar-refractivity contribution in [3.05, 3.63) is 0 Å². The van der Waals surface area contributed by atoms with E-state index in [9.17, 15) is 9.59 Å². The molecular weight excluding hydrogens is 254 g/mol. The van der Waals surface area contributed by atoms with Gasteiger partial charge >= 0.3 is 5.97 Å². The lowest BCUT2D eigenvalue weighted by molar-refractivity contribution is -0.155. The van der Waals surface area contributed by atoms with Gasteiger partial charge < -0.3 is 10.0 Å². The first-order valence-electron chi connectivity index (χ1n) is 8.14. The lowest BCUT2D eigenvalue weighted by atomic mass is 9.51. The second kappa shape index (κ2) is 4.47. The van der Waals surface area contributed by atoms with Gasteiger partial charge in [-0.15, -0.1) is 0 Å². The van der Waals surface area contributed by atoms with Crippen molar-refractivity contribution in [1.29, 1.82) is 0 Å². The second-order valence-electron chi connectivity index (χ2n) is 7.55. The monoisotopic (exact) mass is 277 g/mol. The Kier molecular flexibility index (Phi) is 2.83. The van der Waals surface area contributed by atoms with E-state index < -0.39 is 5.97 Å². The fourth-order valence-corrected chi connectivity index (χ4v) is 5.44. The smallest absolute Gasteiger partial charge is 0.323 e. The van der Waals surface area contributed by atoms with Crippen LogP contribution >= 0.6 is 0 Å². The molecule has 0 heterocycles. The number of hydrogen-bond acceptors (Lipinski definition) is 2. The SMILES string of the molecule is O=C(O)CN(C(=O)C1C2CC3CC(C2)CC1C3)C1CC1. The molecule has 0 aromatic heterocycles. The number of carbonyl (C=O) groups excluding carboxylic acids is 1. The summed E-state index contributed by atoms with van der Waals surface area (Å²) >= 11 is 0. The minimum Gasteiger partial charge on any atom is -0.480 e. The fourth-order valence-electron chi connectivity index (χ4n) is 5.44. The number of carboxylic acid groups (broad SMARTS) is 1. The molecule has 4 nitrogen and oxygen atoms in total. The van der Waals surface area contributed by atoms with Crippen LogP contribution in [0.1, 0.15) is 44.9 Å². The first-order valence-corrected chi connectivity index (χ1v) is 8.14. The zero-order valence-electron chi connectivity index (χ0n) is 11.8. The molecule has 1 N–H and O–H groups in total. The molecule has 0 atom stereocenters. The van der Waals surface area contributed by atoms with Crippen molar-refractivity contribution in [2.75, 3.05) is 6.54 Å². The largest absolute Gasteiger partial charge is 0.480 e. The number of amides is 1. The predicted molar refractivity (Wildman–Crippen MR) is 72.9 cm³/mol. The summed E-state index contributed by atoms with van der Waals surface area (Å²) < 4.78 is 0. The summed E-state index contributed by atoms with van der Waals surface area (Å²) in [5.41, 5.74) is 0. The van der Waals surface area contributed by atoms with Gasteiger partial charge in [-0.1, -0.05) is 0 Å². The Balaban J connectivity index is 1.53. The van der Waals surface area contributed by atoms with Gasteiger partial charge in [0, 0.05) is 12.0 Å². The van der Waals surface area contributed by atoms with E-state index >= 15 is 0 Å². The van der Waals surface area contributed by atoms with Crippen molar-refractivity contribution in [2.45, 2.75) is 51.0 Å². The van der Waals surface area contributed by atoms with Crippen LogP contribution in [0.3, 0.4) is 0 Å². The average Bonchev–Trinajstić information content (AvgIpc) is 3.18. The van der Waals surface area contributed by atoms with Crippen LogP contribution < -0.4 is 0 Å². The van der Waals surface area contributed by atoms with Crippen molar-refractivity contribution in [3.63, 3.8) is 0 Å². The Hall–Kier alpha value is -1.06. The predicted octanol–water partition coefficient (Wildman–Crippen LogP) is 2.13. The highest BCUT2D eigenvalue weighted by atomic mass is 16.4. The van der Waals surface area contributed by atoms with E-state index in [1.54, 1.807) is 4.90 Å². The van der Waals surface area contributed by atoms with Crippen molar-refractivity contribution in [2.24, 2.45) is 29.6 Å². The summed E-state index contributed by atoms with van der Waals surface area (Å²) in [6, 6.07) is 0.218. The van der Waals surface area contributed by atoms with Crippen LogP contribution in [-0.2, 0) is 9.59 Å². The lowest BCUT2D eigenvalue weighted by Crippen LogP contribution is -2.53. The minimum absolute atomic E-state index is 0.0910. The normalized spacial score (nSPS) is 41.7. The summed E-state index contributed by atoms with van der Waals surface area (Å²) in [6.07, 6.45) is 8.24. The van der Waals surface area contributed by atoms with Crippen LogP contribution in [0.25, 0.3) is 0 Å². The first-order chi connectivity index (χ1) is 9.61. The zero-order chi connectivity index (χ0) is 13.9. The highest BCUT2D eigenvalue weighted by Gasteiger charge is 2.52. The first kappa shape index (κ1) is 12.7. The third kappa shape index (κ3) is 2.04. The van der Waals surface area contributed by atoms with Crippen molar-refractivity contribution in [1.82, 2.24) is 4.90 Å². The lowest BCUT2D eigenvalue weighted by Gasteiger charge is -2.54. The minimum atomic E-state index is -0.867. The molecule has 0 saturated heterocycles. The van der Waals surface area contributed by atoms with E-state index in [4.69, 9.17) is 5.11 Å². The molecule has 20 heavy (non-hydrogen) atoms. The quantitative estimate of drug-likeness (QED) is 0.856. The molecule has 4 heteroatoms. The van der Waals surface area contributed by atoms with Gasteiger partial charge in [0.15, 0.2) is 0 Å². The molecule has 0 radical (unpaired) electrons. The molecule has 0 aromatic carbocycles. The molecule has 5 saturated carbocycles. The van der Waals surface area contributed by atoms with Gasteiger partial charge in [0.2, 0.25) is 5.91 Å². The number of aliphatic carboxylic acids is 1. The molecule has 110 valence electrons. The molecular formula is C16H23NO3. The van der Waals surface area contributed by atoms with E-state index in [0.29, 0.717) is 11.8 Å². The Morgan fingerprint density at radius 3 is 1.95 bits per heavy atom. The number of carbonyl (C=O) groups is 2. The van der Waals surface area contributed by atoms with Crippen molar-refractivity contribution in [3.8, 4) is 0 Å². The third-order valence-corrected chi connectivity index (χ3v) is 6.09. The van der Waals surface area contributed by atoms with Gasteiger partial charge in [-0.3, -0.25) is 9.59 Å². The number of rotatable bonds is 4. The summed E-state index contributed by atoms with van der Waals surface area (Å²) in [7, 11) is 0. The van der Waals surface area contributed by atoms with Crippen LogP contribution in [0.15, 0.2) is 0 Å². The molecule has 0 unspecified atom stereocenters. The molecule has 1 amide bonds. The highest BCUT2D eigenvalue weighted by Crippen LogP contribution is 2.57. The molecule has 5 fully saturated rings. The maximum atomic E-state index is 12.9. The van der Waals surface area contributed by atoms with Gasteiger partial charge in [-0.25, -0.2) is 0 Å². The Labute approximate surface area is 119 Å². The Morgan fingerprint density at radius 2 is 1.50 bits per heavy atom. The molecule has 0 spiro atoms. The van der Waals surface area contributed by atoms with Gasteiger partial charge in [0.25, 0.3) is 0 Å². The van der Waals surface area contributed by atoms with E-state index in [1.807, 2.05) is 0 Å². The van der Waals surface area contributed by atoms with Crippen molar-refractivity contribution < 1.29 is 14.7 Å². The topological polar surface area (TPSA) is 57.6 Å². The second-order valence-corrected chi connectivity index (χ2v) is 7.55. The summed E-state index contributed by atoms with van der Waals surface area (Å²) in [4.78, 5) is 25.6. The van der Waals surface area contributed by atoms with E-state index in [0.717, 1.165) is 24.7 Å². The van der Waals surface area contributed by atoms with Gasteiger partial charge in [0.1, 0.15) is 6.54 Å². The van der Waals surface area contributed by atoms with Crippen LogP contribution in [0.5, 0.6) is 0 Å². The maximum Gasteiger partial charge on any atom is 0.323 e. The van der Waals surface area contributed by atoms with Crippen LogP contribution in [-0.4, -0.2) is 34.5 Å². The molecule has 0 aromatic rings. The third-order valence-electron chi connectivity index (χ3n) is 6.09. The summed E-state index contributed by atoms with van der Waals surface area (Å²) in [6.45, 7) is -0.0910. The highest BCUT2D eigenvalue weighted by molar-refractivity contribution is 5.84. The van der Waals surface area contributed by atoms with Crippen molar-refractivity contribution >= 4 is 11.9 Å². The standard InChI is InChI=1S/C16H23NO3/c18-14(19)8-17(13-1-2-13)16(20)15-11-4-9-3-10(6-11)7-12(15)5-9/h9-13,15H,1-8H2,(H,18,19). The van der Waals surface area contributed by atoms with Gasteiger partial charge in [-0.05, 0) is 68.6 Å². The van der Waals surface area contributed by atoms with E-state index in [2.05, 4.69) is 0 Å². The number of hydrogen-bond donors (Lipinski definition) is 1. The maximum absolute atomic E-state index is 12.9.